The smallest absolute Gasteiger partial charge is 0.154 e. The lowest BCUT2D eigenvalue weighted by atomic mass is 10.0. The molecule has 1 fully saturated rings. The van der Waals surface area contributed by atoms with Gasteiger partial charge < -0.3 is 5.73 Å². The Balaban J connectivity index is 2.12. The monoisotopic (exact) mass is 271 g/mol. The normalized spacial score (nSPS) is 24.9. The molecule has 2 atom stereocenters. The summed E-state index contributed by atoms with van der Waals surface area (Å²) in [6.45, 7) is 1.92. The Morgan fingerprint density at radius 3 is 2.83 bits per heavy atom. The quantitative estimate of drug-likeness (QED) is 0.871. The summed E-state index contributed by atoms with van der Waals surface area (Å²) >= 11 is 0. The minimum atomic E-state index is -3.00. The molecule has 2 rings (SSSR count). The number of nitrogens with two attached hydrogens (primary N) is 1. The van der Waals surface area contributed by atoms with E-state index in [4.69, 9.17) is 5.73 Å². The SMILES string of the molecule is Cc1cc(CC(N)C2CCCCS2(=O)=O)n(C)n1. The maximum absolute atomic E-state index is 12.0. The largest absolute Gasteiger partial charge is 0.326 e. The van der Waals surface area contributed by atoms with E-state index in [1.807, 2.05) is 20.0 Å². The fraction of sp³-hybridized carbons (Fsp3) is 0.750. The molecule has 0 radical (unpaired) electrons. The Bertz CT molecular complexity index is 521. The zero-order chi connectivity index (χ0) is 13.3. The zero-order valence-electron chi connectivity index (χ0n) is 11.0. The van der Waals surface area contributed by atoms with Crippen molar-refractivity contribution in [2.75, 3.05) is 5.75 Å². The molecule has 0 aromatic carbocycles. The number of sulfone groups is 1. The van der Waals surface area contributed by atoms with Gasteiger partial charge in [0.25, 0.3) is 0 Å². The predicted octanol–water partition coefficient (Wildman–Crippen LogP) is 0.566. The van der Waals surface area contributed by atoms with E-state index < -0.39 is 9.84 Å². The first-order valence-electron chi connectivity index (χ1n) is 6.37. The molecule has 2 N–H and O–H groups in total. The average Bonchev–Trinajstić information content (AvgIpc) is 2.56. The van der Waals surface area contributed by atoms with Crippen LogP contribution in [0, 0.1) is 6.92 Å². The van der Waals surface area contributed by atoms with Gasteiger partial charge in [0, 0.05) is 25.2 Å². The van der Waals surface area contributed by atoms with E-state index in [-0.39, 0.29) is 17.0 Å². The van der Waals surface area contributed by atoms with Crippen LogP contribution in [0.1, 0.15) is 30.7 Å². The van der Waals surface area contributed by atoms with Crippen LogP contribution in [-0.4, -0.2) is 35.2 Å². The van der Waals surface area contributed by atoms with Gasteiger partial charge in [-0.15, -0.1) is 0 Å². The number of aryl methyl sites for hydroxylation is 2. The average molecular weight is 271 g/mol. The summed E-state index contributed by atoms with van der Waals surface area (Å²) in [6.07, 6.45) is 3.00. The van der Waals surface area contributed by atoms with Crippen molar-refractivity contribution in [2.45, 2.75) is 43.9 Å². The van der Waals surface area contributed by atoms with Crippen LogP contribution in [0.3, 0.4) is 0 Å². The molecule has 0 spiro atoms. The number of nitrogens with zero attached hydrogens (tertiary/aromatic N) is 2. The van der Waals surface area contributed by atoms with Crippen LogP contribution in [0.15, 0.2) is 6.07 Å². The molecule has 5 nitrogen and oxygen atoms in total. The molecule has 1 aromatic rings. The van der Waals surface area contributed by atoms with E-state index in [9.17, 15) is 8.42 Å². The Labute approximate surface area is 108 Å². The molecule has 0 aliphatic carbocycles. The maximum Gasteiger partial charge on any atom is 0.154 e. The van der Waals surface area contributed by atoms with Gasteiger partial charge in [0.2, 0.25) is 0 Å². The van der Waals surface area contributed by atoms with Gasteiger partial charge in [0.1, 0.15) is 0 Å². The standard InChI is InChI=1S/C12H21N3O2S/c1-9-7-10(15(2)14-9)8-11(13)12-5-3-4-6-18(12,16)17/h7,11-12H,3-6,8,13H2,1-2H3. The van der Waals surface area contributed by atoms with Crippen LogP contribution in [0.25, 0.3) is 0 Å². The molecule has 1 aromatic heterocycles. The van der Waals surface area contributed by atoms with Crippen molar-refractivity contribution in [1.29, 1.82) is 0 Å². The van der Waals surface area contributed by atoms with Crippen molar-refractivity contribution in [3.8, 4) is 0 Å². The molecule has 0 bridgehead atoms. The first kappa shape index (κ1) is 13.5. The molecule has 2 unspecified atom stereocenters. The van der Waals surface area contributed by atoms with Crippen LogP contribution < -0.4 is 5.73 Å². The van der Waals surface area contributed by atoms with Crippen molar-refractivity contribution in [3.05, 3.63) is 17.5 Å². The topological polar surface area (TPSA) is 78.0 Å². The van der Waals surface area contributed by atoms with E-state index in [0.29, 0.717) is 12.8 Å². The second-order valence-corrected chi connectivity index (χ2v) is 7.51. The summed E-state index contributed by atoms with van der Waals surface area (Å²) in [5, 5.41) is 3.87. The van der Waals surface area contributed by atoms with Gasteiger partial charge >= 0.3 is 0 Å². The van der Waals surface area contributed by atoms with E-state index in [1.165, 1.54) is 0 Å². The third kappa shape index (κ3) is 2.75. The number of hydrogen-bond donors (Lipinski definition) is 1. The predicted molar refractivity (Wildman–Crippen MR) is 71.1 cm³/mol. The lowest BCUT2D eigenvalue weighted by Gasteiger charge is -2.27. The van der Waals surface area contributed by atoms with E-state index in [1.54, 1.807) is 4.68 Å². The van der Waals surface area contributed by atoms with E-state index >= 15 is 0 Å². The Kier molecular flexibility index (Phi) is 3.77. The highest BCUT2D eigenvalue weighted by Gasteiger charge is 2.33. The van der Waals surface area contributed by atoms with Crippen LogP contribution in [0.2, 0.25) is 0 Å². The van der Waals surface area contributed by atoms with Gasteiger partial charge in [-0.3, -0.25) is 4.68 Å². The van der Waals surface area contributed by atoms with Crippen molar-refractivity contribution in [1.82, 2.24) is 9.78 Å². The van der Waals surface area contributed by atoms with Crippen LogP contribution in [0.4, 0.5) is 0 Å². The zero-order valence-corrected chi connectivity index (χ0v) is 11.8. The van der Waals surface area contributed by atoms with Gasteiger partial charge in [-0.05, 0) is 25.8 Å². The second kappa shape index (κ2) is 5.01. The highest BCUT2D eigenvalue weighted by atomic mass is 32.2. The van der Waals surface area contributed by atoms with Gasteiger partial charge in [-0.2, -0.15) is 5.10 Å². The van der Waals surface area contributed by atoms with Crippen molar-refractivity contribution in [3.63, 3.8) is 0 Å². The number of hydrogen-bond acceptors (Lipinski definition) is 4. The first-order chi connectivity index (χ1) is 8.40. The highest BCUT2D eigenvalue weighted by molar-refractivity contribution is 7.92. The molecule has 0 saturated carbocycles. The van der Waals surface area contributed by atoms with E-state index in [0.717, 1.165) is 24.2 Å². The fourth-order valence-electron chi connectivity index (χ4n) is 2.69. The maximum atomic E-state index is 12.0. The lowest BCUT2D eigenvalue weighted by molar-refractivity contribution is 0.488. The molecule has 1 saturated heterocycles. The van der Waals surface area contributed by atoms with Crippen molar-refractivity contribution in [2.24, 2.45) is 12.8 Å². The third-order valence-corrected chi connectivity index (χ3v) is 6.02. The lowest BCUT2D eigenvalue weighted by Crippen LogP contribution is -2.45. The number of aromatic nitrogens is 2. The Morgan fingerprint density at radius 2 is 2.28 bits per heavy atom. The molecule has 0 amide bonds. The Hall–Kier alpha value is -0.880. The Morgan fingerprint density at radius 1 is 1.56 bits per heavy atom. The van der Waals surface area contributed by atoms with Crippen LogP contribution in [0.5, 0.6) is 0 Å². The van der Waals surface area contributed by atoms with Gasteiger partial charge in [0.15, 0.2) is 9.84 Å². The van der Waals surface area contributed by atoms with E-state index in [2.05, 4.69) is 5.10 Å². The summed E-state index contributed by atoms with van der Waals surface area (Å²) in [7, 11) is -1.14. The summed E-state index contributed by atoms with van der Waals surface area (Å²) in [5.74, 6) is 0.287. The molecule has 102 valence electrons. The molecule has 6 heteroatoms. The number of rotatable bonds is 3. The first-order valence-corrected chi connectivity index (χ1v) is 8.08. The molecular formula is C12H21N3O2S. The van der Waals surface area contributed by atoms with Crippen molar-refractivity contribution < 1.29 is 8.42 Å². The minimum Gasteiger partial charge on any atom is -0.326 e. The molecule has 18 heavy (non-hydrogen) atoms. The van der Waals surface area contributed by atoms with Gasteiger partial charge in [-0.1, -0.05) is 6.42 Å². The second-order valence-electron chi connectivity index (χ2n) is 5.17. The molecular weight excluding hydrogens is 250 g/mol. The summed E-state index contributed by atoms with van der Waals surface area (Å²) in [4.78, 5) is 0. The minimum absolute atomic E-state index is 0.287. The summed E-state index contributed by atoms with van der Waals surface area (Å²) in [6, 6.07) is 1.64. The molecule has 2 heterocycles. The molecule has 1 aliphatic heterocycles. The van der Waals surface area contributed by atoms with Gasteiger partial charge in [-0.25, -0.2) is 8.42 Å². The third-order valence-electron chi connectivity index (χ3n) is 3.65. The highest BCUT2D eigenvalue weighted by Crippen LogP contribution is 2.23. The van der Waals surface area contributed by atoms with Crippen molar-refractivity contribution >= 4 is 9.84 Å². The molecule has 1 aliphatic rings. The van der Waals surface area contributed by atoms with Crippen LogP contribution >= 0.6 is 0 Å². The van der Waals surface area contributed by atoms with Gasteiger partial charge in [0.05, 0.1) is 16.7 Å². The summed E-state index contributed by atoms with van der Waals surface area (Å²) in [5.41, 5.74) is 8.05. The fourth-order valence-corrected chi connectivity index (χ4v) is 4.75. The van der Waals surface area contributed by atoms with Crippen LogP contribution in [-0.2, 0) is 23.3 Å². The summed E-state index contributed by atoms with van der Waals surface area (Å²) < 4.78 is 25.8.